The molecule has 0 aliphatic carbocycles. The SMILES string of the molecule is CCCn1c(C)c(CNC)c2cc(O[C@@H](C)CC)ccc21. The van der Waals surface area contributed by atoms with Crippen LogP contribution in [0.1, 0.15) is 44.9 Å². The van der Waals surface area contributed by atoms with Crippen molar-refractivity contribution in [2.24, 2.45) is 0 Å². The van der Waals surface area contributed by atoms with Gasteiger partial charge in [0.25, 0.3) is 0 Å². The van der Waals surface area contributed by atoms with Gasteiger partial charge in [0, 0.05) is 29.7 Å². The lowest BCUT2D eigenvalue weighted by Gasteiger charge is -2.13. The third kappa shape index (κ3) is 3.24. The summed E-state index contributed by atoms with van der Waals surface area (Å²) in [6.45, 7) is 10.7. The van der Waals surface area contributed by atoms with Crippen molar-refractivity contribution in [1.82, 2.24) is 9.88 Å². The van der Waals surface area contributed by atoms with Crippen molar-refractivity contribution in [3.05, 3.63) is 29.5 Å². The Kier molecular flexibility index (Phi) is 5.29. The van der Waals surface area contributed by atoms with Crippen molar-refractivity contribution in [3.63, 3.8) is 0 Å². The molecule has 0 bridgehead atoms. The fourth-order valence-corrected chi connectivity index (χ4v) is 2.83. The van der Waals surface area contributed by atoms with E-state index in [0.29, 0.717) is 0 Å². The van der Waals surface area contributed by atoms with Gasteiger partial charge in [-0.2, -0.15) is 0 Å². The van der Waals surface area contributed by atoms with Gasteiger partial charge < -0.3 is 14.6 Å². The lowest BCUT2D eigenvalue weighted by atomic mass is 10.1. The Labute approximate surface area is 128 Å². The fourth-order valence-electron chi connectivity index (χ4n) is 2.83. The molecule has 0 saturated heterocycles. The summed E-state index contributed by atoms with van der Waals surface area (Å²) in [7, 11) is 2.00. The highest BCUT2D eigenvalue weighted by molar-refractivity contribution is 5.87. The molecule has 1 aromatic heterocycles. The van der Waals surface area contributed by atoms with Gasteiger partial charge in [-0.05, 0) is 57.5 Å². The van der Waals surface area contributed by atoms with E-state index < -0.39 is 0 Å². The van der Waals surface area contributed by atoms with Gasteiger partial charge in [-0.3, -0.25) is 0 Å². The molecule has 0 aliphatic heterocycles. The first-order valence-electron chi connectivity index (χ1n) is 8.05. The molecule has 0 radical (unpaired) electrons. The van der Waals surface area contributed by atoms with Crippen LogP contribution in [0.2, 0.25) is 0 Å². The van der Waals surface area contributed by atoms with Crippen molar-refractivity contribution >= 4 is 10.9 Å². The predicted molar refractivity (Wildman–Crippen MR) is 90.1 cm³/mol. The molecule has 2 rings (SSSR count). The van der Waals surface area contributed by atoms with Gasteiger partial charge in [-0.15, -0.1) is 0 Å². The number of rotatable bonds is 7. The van der Waals surface area contributed by atoms with Crippen LogP contribution in [-0.4, -0.2) is 17.7 Å². The second-order valence-electron chi connectivity index (χ2n) is 5.76. The molecule has 1 atom stereocenters. The predicted octanol–water partition coefficient (Wildman–Crippen LogP) is 4.26. The average molecular weight is 288 g/mol. The maximum atomic E-state index is 5.98. The van der Waals surface area contributed by atoms with Crippen molar-refractivity contribution in [1.29, 1.82) is 0 Å². The summed E-state index contributed by atoms with van der Waals surface area (Å²) >= 11 is 0. The lowest BCUT2D eigenvalue weighted by molar-refractivity contribution is 0.217. The van der Waals surface area contributed by atoms with Crippen LogP contribution in [0.15, 0.2) is 18.2 Å². The summed E-state index contributed by atoms with van der Waals surface area (Å²) < 4.78 is 8.41. The average Bonchev–Trinajstić information content (AvgIpc) is 2.73. The number of aromatic nitrogens is 1. The molecular formula is C18H28N2O. The Balaban J connectivity index is 2.50. The number of hydrogen-bond donors (Lipinski definition) is 1. The van der Waals surface area contributed by atoms with E-state index in [1.807, 2.05) is 7.05 Å². The number of hydrogen-bond acceptors (Lipinski definition) is 2. The standard InChI is InChI=1S/C18H28N2O/c1-6-10-20-14(4)17(12-19-5)16-11-15(8-9-18(16)20)21-13(3)7-2/h8-9,11,13,19H,6-7,10,12H2,1-5H3/t13-/m0/s1. The number of benzene rings is 1. The van der Waals surface area contributed by atoms with E-state index in [4.69, 9.17) is 4.74 Å². The number of nitrogens with zero attached hydrogens (tertiary/aromatic N) is 1. The smallest absolute Gasteiger partial charge is 0.120 e. The highest BCUT2D eigenvalue weighted by atomic mass is 16.5. The highest BCUT2D eigenvalue weighted by Crippen LogP contribution is 2.30. The van der Waals surface area contributed by atoms with Gasteiger partial charge in [0.05, 0.1) is 6.10 Å². The van der Waals surface area contributed by atoms with Gasteiger partial charge in [0.1, 0.15) is 5.75 Å². The van der Waals surface area contributed by atoms with Crippen LogP contribution in [0.25, 0.3) is 10.9 Å². The van der Waals surface area contributed by atoms with Crippen LogP contribution in [0.5, 0.6) is 5.75 Å². The zero-order valence-electron chi connectivity index (χ0n) is 14.0. The molecule has 3 nitrogen and oxygen atoms in total. The van der Waals surface area contributed by atoms with Crippen LogP contribution in [0.3, 0.4) is 0 Å². The molecule has 0 amide bonds. The summed E-state index contributed by atoms with van der Waals surface area (Å²) in [6, 6.07) is 6.51. The molecule has 0 aliphatic rings. The minimum Gasteiger partial charge on any atom is -0.491 e. The van der Waals surface area contributed by atoms with Crippen molar-refractivity contribution < 1.29 is 4.74 Å². The van der Waals surface area contributed by atoms with Crippen LogP contribution < -0.4 is 10.1 Å². The summed E-state index contributed by atoms with van der Waals surface area (Å²) in [6.07, 6.45) is 2.43. The minimum atomic E-state index is 0.258. The molecule has 1 N–H and O–H groups in total. The Morgan fingerprint density at radius 1 is 1.29 bits per heavy atom. The van der Waals surface area contributed by atoms with E-state index in [1.54, 1.807) is 0 Å². The maximum Gasteiger partial charge on any atom is 0.120 e. The van der Waals surface area contributed by atoms with Gasteiger partial charge in [-0.1, -0.05) is 13.8 Å². The highest BCUT2D eigenvalue weighted by Gasteiger charge is 2.14. The van der Waals surface area contributed by atoms with Crippen molar-refractivity contribution in [3.8, 4) is 5.75 Å². The lowest BCUT2D eigenvalue weighted by Crippen LogP contribution is -2.09. The molecule has 0 fully saturated rings. The van der Waals surface area contributed by atoms with Gasteiger partial charge in [0.15, 0.2) is 0 Å². The Morgan fingerprint density at radius 2 is 2.05 bits per heavy atom. The molecule has 2 aromatic rings. The second-order valence-corrected chi connectivity index (χ2v) is 5.76. The third-order valence-electron chi connectivity index (χ3n) is 4.14. The summed E-state index contributed by atoms with van der Waals surface area (Å²) in [5.74, 6) is 0.975. The topological polar surface area (TPSA) is 26.2 Å². The van der Waals surface area contributed by atoms with Crippen LogP contribution in [0.4, 0.5) is 0 Å². The van der Waals surface area contributed by atoms with E-state index in [2.05, 4.69) is 55.8 Å². The monoisotopic (exact) mass is 288 g/mol. The number of fused-ring (bicyclic) bond motifs is 1. The summed E-state index contributed by atoms with van der Waals surface area (Å²) in [4.78, 5) is 0. The Bertz CT molecular complexity index is 601. The zero-order chi connectivity index (χ0) is 15.4. The Morgan fingerprint density at radius 3 is 2.67 bits per heavy atom. The van der Waals surface area contributed by atoms with Crippen LogP contribution in [0, 0.1) is 6.92 Å². The van der Waals surface area contributed by atoms with Gasteiger partial charge >= 0.3 is 0 Å². The molecule has 21 heavy (non-hydrogen) atoms. The normalized spacial score (nSPS) is 12.8. The van der Waals surface area contributed by atoms with Crippen LogP contribution in [-0.2, 0) is 13.1 Å². The molecule has 1 aromatic carbocycles. The first-order valence-corrected chi connectivity index (χ1v) is 8.05. The largest absolute Gasteiger partial charge is 0.491 e. The van der Waals surface area contributed by atoms with Gasteiger partial charge in [-0.25, -0.2) is 0 Å². The van der Waals surface area contributed by atoms with Crippen molar-refractivity contribution in [2.75, 3.05) is 7.05 Å². The second kappa shape index (κ2) is 6.99. The molecular weight excluding hydrogens is 260 g/mol. The number of aryl methyl sites for hydroxylation is 1. The molecule has 0 spiro atoms. The van der Waals surface area contributed by atoms with E-state index in [1.165, 1.54) is 22.2 Å². The van der Waals surface area contributed by atoms with E-state index in [9.17, 15) is 0 Å². The van der Waals surface area contributed by atoms with E-state index >= 15 is 0 Å². The first-order chi connectivity index (χ1) is 10.1. The first kappa shape index (κ1) is 15.9. The van der Waals surface area contributed by atoms with E-state index in [0.717, 1.165) is 31.7 Å². The quantitative estimate of drug-likeness (QED) is 0.824. The van der Waals surface area contributed by atoms with Crippen molar-refractivity contribution in [2.45, 2.75) is 59.7 Å². The third-order valence-corrected chi connectivity index (χ3v) is 4.14. The zero-order valence-corrected chi connectivity index (χ0v) is 14.0. The Hall–Kier alpha value is -1.48. The van der Waals surface area contributed by atoms with E-state index in [-0.39, 0.29) is 6.10 Å². The molecule has 3 heteroatoms. The van der Waals surface area contributed by atoms with Crippen LogP contribution >= 0.6 is 0 Å². The summed E-state index contributed by atoms with van der Waals surface area (Å²) in [5.41, 5.74) is 4.06. The minimum absolute atomic E-state index is 0.258. The fraction of sp³-hybridized carbons (Fsp3) is 0.556. The molecule has 1 heterocycles. The molecule has 0 unspecified atom stereocenters. The summed E-state index contributed by atoms with van der Waals surface area (Å²) in [5, 5.41) is 4.61. The molecule has 0 saturated carbocycles. The number of nitrogens with one attached hydrogen (secondary N) is 1. The van der Waals surface area contributed by atoms with Gasteiger partial charge in [0.2, 0.25) is 0 Å². The molecule has 116 valence electrons. The number of ether oxygens (including phenoxy) is 1. The maximum absolute atomic E-state index is 5.98.